The highest BCUT2D eigenvalue weighted by atomic mass is 16.1. The molecule has 0 heterocycles. The Morgan fingerprint density at radius 2 is 1.93 bits per heavy atom. The van der Waals surface area contributed by atoms with Crippen LogP contribution in [-0.2, 0) is 6.54 Å². The third kappa shape index (κ3) is 2.96. The number of carbonyl (C=O) groups excluding carboxylic acids is 1. The summed E-state index contributed by atoms with van der Waals surface area (Å²) in [6.07, 6.45) is 0. The van der Waals surface area contributed by atoms with E-state index in [4.69, 9.17) is 7.05 Å². The van der Waals surface area contributed by atoms with Gasteiger partial charge in [-0.05, 0) is 6.92 Å². The highest BCUT2D eigenvalue weighted by Crippen LogP contribution is 2.14. The molecule has 0 amide bonds. The molecule has 14 heavy (non-hydrogen) atoms. The topological polar surface area (TPSA) is 17.1 Å². The van der Waals surface area contributed by atoms with Gasteiger partial charge in [0.25, 0.3) is 0 Å². The number of ketones is 1. The van der Waals surface area contributed by atoms with Crippen LogP contribution in [-0.4, -0.2) is 24.4 Å². The quantitative estimate of drug-likeness (QED) is 0.405. The van der Waals surface area contributed by atoms with Crippen LogP contribution in [0.3, 0.4) is 0 Å². The molecule has 1 rings (SSSR count). The summed E-state index contributed by atoms with van der Waals surface area (Å²) in [5.74, 6) is 0.0917. The summed E-state index contributed by atoms with van der Waals surface area (Å²) in [4.78, 5) is 11.3. The van der Waals surface area contributed by atoms with Gasteiger partial charge in [-0.15, -0.1) is 0 Å². The van der Waals surface area contributed by atoms with E-state index in [2.05, 4.69) is 0 Å². The Kier molecular flexibility index (Phi) is 3.06. The first kappa shape index (κ1) is 10.9. The fraction of sp³-hybridized carbons (Fsp3) is 0.333. The minimum absolute atomic E-state index is 0.0917. The van der Waals surface area contributed by atoms with Crippen LogP contribution in [0, 0.1) is 7.05 Å². The van der Waals surface area contributed by atoms with Crippen LogP contribution in [0.1, 0.15) is 22.8 Å². The monoisotopic (exact) mass is 190 g/mol. The minimum atomic E-state index is 0.0917. The van der Waals surface area contributed by atoms with E-state index in [1.807, 2.05) is 38.4 Å². The molecule has 1 radical (unpaired) electrons. The molecule has 0 aliphatic rings. The van der Waals surface area contributed by atoms with Crippen molar-refractivity contribution in [2.24, 2.45) is 0 Å². The van der Waals surface area contributed by atoms with E-state index in [1.54, 1.807) is 6.92 Å². The molecule has 0 saturated heterocycles. The van der Waals surface area contributed by atoms with Gasteiger partial charge in [-0.3, -0.25) is 4.79 Å². The second-order valence-corrected chi connectivity index (χ2v) is 4.15. The Morgan fingerprint density at radius 1 is 1.36 bits per heavy atom. The lowest BCUT2D eigenvalue weighted by Crippen LogP contribution is -2.31. The summed E-state index contributed by atoms with van der Waals surface area (Å²) in [5.41, 5.74) is 1.77. The molecule has 0 aliphatic carbocycles. The second kappa shape index (κ2) is 3.93. The Balaban J connectivity index is 3.02. The normalized spacial score (nSPS) is 11.4. The van der Waals surface area contributed by atoms with Crippen LogP contribution in [0.15, 0.2) is 24.3 Å². The van der Waals surface area contributed by atoms with Crippen LogP contribution in [0.4, 0.5) is 0 Å². The van der Waals surface area contributed by atoms with Gasteiger partial charge in [0.2, 0.25) is 0 Å². The van der Waals surface area contributed by atoms with E-state index >= 15 is 0 Å². The Hall–Kier alpha value is -1.15. The van der Waals surface area contributed by atoms with Crippen molar-refractivity contribution in [3.05, 3.63) is 42.4 Å². The van der Waals surface area contributed by atoms with Gasteiger partial charge in [0.15, 0.2) is 5.78 Å². The maximum absolute atomic E-state index is 11.3. The fourth-order valence-electron chi connectivity index (χ4n) is 1.44. The molecular formula is C12H16NO. The van der Waals surface area contributed by atoms with E-state index in [0.29, 0.717) is 11.0 Å². The van der Waals surface area contributed by atoms with Gasteiger partial charge < -0.3 is 4.48 Å². The molecule has 0 aliphatic heterocycles. The molecule has 0 unspecified atom stereocenters. The first-order valence-electron chi connectivity index (χ1n) is 4.60. The number of carbonyl (C=O) groups is 1. The van der Waals surface area contributed by atoms with Crippen molar-refractivity contribution in [2.75, 3.05) is 14.1 Å². The van der Waals surface area contributed by atoms with Crippen molar-refractivity contribution in [3.63, 3.8) is 0 Å². The van der Waals surface area contributed by atoms with Gasteiger partial charge in [-0.2, -0.15) is 0 Å². The van der Waals surface area contributed by atoms with Gasteiger partial charge >= 0.3 is 0 Å². The lowest BCUT2D eigenvalue weighted by Gasteiger charge is -2.35. The number of rotatable bonds is 3. The standard InChI is InChI=1S/C12H16NO/c1-10(14)12-8-6-5-7-11(12)9-13(2,3)4/h2,5-8H,9H2,1,3-4H3. The number of nitrogens with zero attached hydrogens (tertiary/aromatic N) is 1. The van der Waals surface area contributed by atoms with Gasteiger partial charge in [-0.1, -0.05) is 24.3 Å². The van der Waals surface area contributed by atoms with Crippen molar-refractivity contribution in [1.29, 1.82) is 0 Å². The number of Topliss-reactive ketones (excluding diaryl/α,β-unsaturated/α-hetero) is 1. The third-order valence-electron chi connectivity index (χ3n) is 1.97. The molecule has 2 nitrogen and oxygen atoms in total. The van der Waals surface area contributed by atoms with Crippen LogP contribution < -0.4 is 0 Å². The first-order chi connectivity index (χ1) is 6.40. The van der Waals surface area contributed by atoms with E-state index in [-0.39, 0.29) is 5.78 Å². The molecule has 0 N–H and O–H groups in total. The summed E-state index contributed by atoms with van der Waals surface area (Å²) in [6, 6.07) is 7.59. The van der Waals surface area contributed by atoms with Gasteiger partial charge in [0.05, 0.1) is 6.54 Å². The summed E-state index contributed by atoms with van der Waals surface area (Å²) >= 11 is 0. The highest BCUT2D eigenvalue weighted by molar-refractivity contribution is 5.95. The number of quaternary nitrogens is 1. The molecule has 75 valence electrons. The summed E-state index contributed by atoms with van der Waals surface area (Å²) in [7, 11) is 9.66. The van der Waals surface area contributed by atoms with Crippen molar-refractivity contribution in [1.82, 2.24) is 0 Å². The Labute approximate surface area is 85.8 Å². The summed E-state index contributed by atoms with van der Waals surface area (Å²) < 4.78 is 0.338. The number of benzene rings is 1. The zero-order chi connectivity index (χ0) is 10.8. The summed E-state index contributed by atoms with van der Waals surface area (Å²) in [5, 5.41) is 0. The Bertz CT molecular complexity index is 336. The van der Waals surface area contributed by atoms with Crippen molar-refractivity contribution in [3.8, 4) is 0 Å². The van der Waals surface area contributed by atoms with E-state index in [9.17, 15) is 4.79 Å². The zero-order valence-corrected chi connectivity index (χ0v) is 8.95. The highest BCUT2D eigenvalue weighted by Gasteiger charge is 2.09. The zero-order valence-electron chi connectivity index (χ0n) is 8.95. The van der Waals surface area contributed by atoms with Crippen molar-refractivity contribution >= 4 is 5.78 Å². The number of hydrogen-bond acceptors (Lipinski definition) is 1. The van der Waals surface area contributed by atoms with Crippen LogP contribution in [0.25, 0.3) is 0 Å². The smallest absolute Gasteiger partial charge is 0.160 e. The average molecular weight is 190 g/mol. The molecule has 0 atom stereocenters. The molecule has 0 aromatic heterocycles. The van der Waals surface area contributed by atoms with E-state index < -0.39 is 0 Å². The lowest BCUT2D eigenvalue weighted by atomic mass is 10.0. The average Bonchev–Trinajstić information content (AvgIpc) is 2.01. The molecule has 0 bridgehead atoms. The largest absolute Gasteiger partial charge is 0.478 e. The van der Waals surface area contributed by atoms with E-state index in [0.717, 1.165) is 11.1 Å². The van der Waals surface area contributed by atoms with E-state index in [1.165, 1.54) is 0 Å². The van der Waals surface area contributed by atoms with Crippen LogP contribution >= 0.6 is 0 Å². The molecule has 0 spiro atoms. The maximum Gasteiger partial charge on any atom is 0.160 e. The molecule has 0 saturated carbocycles. The summed E-state index contributed by atoms with van der Waals surface area (Å²) in [6.45, 7) is 2.24. The second-order valence-electron chi connectivity index (χ2n) is 4.15. The first-order valence-corrected chi connectivity index (χ1v) is 4.60. The van der Waals surface area contributed by atoms with Crippen LogP contribution in [0.5, 0.6) is 0 Å². The molecule has 1 aromatic rings. The maximum atomic E-state index is 11.3. The SMILES string of the molecule is [CH-][N+](C)(C)Cc1ccccc1C(C)=O. The molecule has 1 aromatic carbocycles. The molecular weight excluding hydrogens is 174 g/mol. The minimum Gasteiger partial charge on any atom is -0.478 e. The van der Waals surface area contributed by atoms with Crippen molar-refractivity contribution < 1.29 is 9.28 Å². The van der Waals surface area contributed by atoms with Crippen molar-refractivity contribution in [2.45, 2.75) is 13.5 Å². The predicted molar refractivity (Wildman–Crippen MR) is 56.6 cm³/mol. The predicted octanol–water partition coefficient (Wildman–Crippen LogP) is 2.13. The Morgan fingerprint density at radius 3 is 2.43 bits per heavy atom. The molecule has 0 fully saturated rings. The fourth-order valence-corrected chi connectivity index (χ4v) is 1.44. The lowest BCUT2D eigenvalue weighted by molar-refractivity contribution is -0.859. The van der Waals surface area contributed by atoms with Gasteiger partial charge in [0.1, 0.15) is 0 Å². The third-order valence-corrected chi connectivity index (χ3v) is 1.97. The van der Waals surface area contributed by atoms with Gasteiger partial charge in [0, 0.05) is 25.2 Å². The van der Waals surface area contributed by atoms with Gasteiger partial charge in [-0.25, -0.2) is 7.05 Å². The van der Waals surface area contributed by atoms with Crippen LogP contribution in [0.2, 0.25) is 0 Å². The molecule has 2 heteroatoms. The number of hydrogen-bond donors (Lipinski definition) is 0.